The number of aliphatic hydroxyl groups excluding tert-OH is 1. The van der Waals surface area contributed by atoms with Gasteiger partial charge in [0.05, 0.1) is 24.4 Å². The number of amides is 2. The highest BCUT2D eigenvalue weighted by Gasteiger charge is 2.14. The van der Waals surface area contributed by atoms with Crippen molar-refractivity contribution in [1.29, 1.82) is 0 Å². The lowest BCUT2D eigenvalue weighted by atomic mass is 9.99. The number of nitrogens with zero attached hydrogens (tertiary/aromatic N) is 1. The van der Waals surface area contributed by atoms with Gasteiger partial charge < -0.3 is 24.6 Å². The first-order valence-electron chi connectivity index (χ1n) is 11.3. The van der Waals surface area contributed by atoms with Gasteiger partial charge in [0.25, 0.3) is 5.91 Å². The molecule has 0 atom stereocenters. The van der Waals surface area contributed by atoms with E-state index in [1.165, 1.54) is 7.11 Å². The summed E-state index contributed by atoms with van der Waals surface area (Å²) in [5, 5.41) is 21.4. The van der Waals surface area contributed by atoms with E-state index in [1.807, 2.05) is 48.5 Å². The van der Waals surface area contributed by atoms with Gasteiger partial charge in [0, 0.05) is 30.8 Å². The number of methoxy groups -OCH3 is 1. The number of aliphatic hydroxyl groups is 1. The number of carbonyl (C=O) groups excluding carboxylic acids is 1. The molecule has 36 heavy (non-hydrogen) atoms. The number of carbonyl (C=O) groups is 2. The summed E-state index contributed by atoms with van der Waals surface area (Å²) in [5.41, 5.74) is 3.72. The maximum atomic E-state index is 12.5. The Morgan fingerprint density at radius 2 is 1.81 bits per heavy atom. The van der Waals surface area contributed by atoms with E-state index in [0.717, 1.165) is 16.7 Å². The fraction of sp³-hybridized carbons (Fsp3) is 0.259. The van der Waals surface area contributed by atoms with E-state index in [-0.39, 0.29) is 24.1 Å². The molecule has 0 aliphatic carbocycles. The van der Waals surface area contributed by atoms with Crippen LogP contribution in [0.4, 0.5) is 10.5 Å². The Labute approximate surface area is 215 Å². The van der Waals surface area contributed by atoms with Gasteiger partial charge in [-0.05, 0) is 36.1 Å². The van der Waals surface area contributed by atoms with Crippen LogP contribution in [0.25, 0.3) is 11.1 Å². The summed E-state index contributed by atoms with van der Waals surface area (Å²) in [7, 11) is 3.17. The zero-order chi connectivity index (χ0) is 26.1. The highest BCUT2D eigenvalue weighted by Crippen LogP contribution is 2.33. The first-order chi connectivity index (χ1) is 17.3. The number of aryl methyl sites for hydroxylation is 1. The summed E-state index contributed by atoms with van der Waals surface area (Å²) in [6.45, 7) is 0.0643. The van der Waals surface area contributed by atoms with Crippen molar-refractivity contribution in [2.24, 2.45) is 0 Å². The number of likely N-dealkylation sites (N-methyl/N-ethyl adjacent to an activating group) is 1. The fourth-order valence-corrected chi connectivity index (χ4v) is 3.97. The quantitative estimate of drug-likeness (QED) is 0.331. The number of nitrogens with one attached hydrogen (secondary N) is 1. The molecule has 8 nitrogen and oxygen atoms in total. The molecule has 0 aliphatic heterocycles. The highest BCUT2D eigenvalue weighted by molar-refractivity contribution is 6.32. The Balaban J connectivity index is 1.56. The normalized spacial score (nSPS) is 10.6. The second-order valence-corrected chi connectivity index (χ2v) is 8.54. The van der Waals surface area contributed by atoms with Gasteiger partial charge >= 0.3 is 6.09 Å². The van der Waals surface area contributed by atoms with Crippen LogP contribution >= 0.6 is 11.6 Å². The number of halogens is 1. The molecule has 0 aromatic heterocycles. The van der Waals surface area contributed by atoms with Crippen molar-refractivity contribution in [2.45, 2.75) is 19.4 Å². The lowest BCUT2D eigenvalue weighted by Crippen LogP contribution is -2.32. The molecule has 3 aromatic rings. The number of hydrogen-bond donors (Lipinski definition) is 3. The van der Waals surface area contributed by atoms with E-state index < -0.39 is 6.09 Å². The minimum Gasteiger partial charge on any atom is -0.496 e. The minimum atomic E-state index is -1.13. The largest absolute Gasteiger partial charge is 0.496 e. The first kappa shape index (κ1) is 26.8. The maximum Gasteiger partial charge on any atom is 0.409 e. The number of benzene rings is 3. The van der Waals surface area contributed by atoms with Crippen molar-refractivity contribution in [1.82, 2.24) is 4.90 Å². The maximum absolute atomic E-state index is 12.5. The second kappa shape index (κ2) is 12.8. The summed E-state index contributed by atoms with van der Waals surface area (Å²) in [5.74, 6) is 0.501. The number of anilines is 1. The van der Waals surface area contributed by atoms with E-state index in [0.29, 0.717) is 42.1 Å². The molecule has 0 bridgehead atoms. The van der Waals surface area contributed by atoms with Crippen molar-refractivity contribution in [2.75, 3.05) is 32.6 Å². The molecule has 9 heteroatoms. The van der Waals surface area contributed by atoms with Crippen molar-refractivity contribution >= 4 is 29.3 Å². The van der Waals surface area contributed by atoms with Gasteiger partial charge in [-0.1, -0.05) is 54.1 Å². The van der Waals surface area contributed by atoms with Gasteiger partial charge in [0.1, 0.15) is 11.5 Å². The topological polar surface area (TPSA) is 108 Å². The second-order valence-electron chi connectivity index (χ2n) is 8.14. The van der Waals surface area contributed by atoms with Gasteiger partial charge in [0.2, 0.25) is 0 Å². The van der Waals surface area contributed by atoms with Crippen LogP contribution in [0.3, 0.4) is 0 Å². The molecule has 3 rings (SSSR count). The lowest BCUT2D eigenvalue weighted by molar-refractivity contribution is -0.132. The fourth-order valence-electron chi connectivity index (χ4n) is 3.73. The Bertz CT molecular complexity index is 1200. The smallest absolute Gasteiger partial charge is 0.409 e. The van der Waals surface area contributed by atoms with E-state index in [2.05, 4.69) is 5.32 Å². The van der Waals surface area contributed by atoms with Crippen LogP contribution in [-0.2, 0) is 17.8 Å². The zero-order valence-corrected chi connectivity index (χ0v) is 20.9. The minimum absolute atomic E-state index is 0.198. The Morgan fingerprint density at radius 1 is 1.06 bits per heavy atom. The molecule has 190 valence electrons. The van der Waals surface area contributed by atoms with Crippen molar-refractivity contribution < 1.29 is 29.3 Å². The standard InChI is InChI=1S/C27H29ClN2O6/c1-30(26(32)17-36-25-15-24(35-2)20(16-31)14-22(25)28)12-6-7-18-10-11-21(19-8-4-3-5-9-19)23(13-18)29-27(33)34/h3-5,8-11,13-15,29,31H,6-7,12,16-17H2,1-2H3,(H,33,34). The third-order valence-corrected chi connectivity index (χ3v) is 5.95. The van der Waals surface area contributed by atoms with Crippen LogP contribution in [-0.4, -0.2) is 54.4 Å². The third-order valence-electron chi connectivity index (χ3n) is 5.65. The van der Waals surface area contributed by atoms with Crippen molar-refractivity contribution in [3.63, 3.8) is 0 Å². The molecule has 0 fully saturated rings. The van der Waals surface area contributed by atoms with Crippen LogP contribution in [0.2, 0.25) is 5.02 Å². The molecule has 0 aliphatic rings. The zero-order valence-electron chi connectivity index (χ0n) is 20.2. The van der Waals surface area contributed by atoms with E-state index in [9.17, 15) is 19.8 Å². The molecular weight excluding hydrogens is 484 g/mol. The van der Waals surface area contributed by atoms with E-state index >= 15 is 0 Å². The molecular formula is C27H29ClN2O6. The SMILES string of the molecule is COc1cc(OCC(=O)N(C)CCCc2ccc(-c3ccccc3)c(NC(=O)O)c2)c(Cl)cc1CO. The number of rotatable bonds is 11. The predicted octanol–water partition coefficient (Wildman–Crippen LogP) is 5.07. The van der Waals surface area contributed by atoms with Gasteiger partial charge in [-0.15, -0.1) is 0 Å². The van der Waals surface area contributed by atoms with E-state index in [4.69, 9.17) is 21.1 Å². The summed E-state index contributed by atoms with van der Waals surface area (Å²) >= 11 is 6.19. The molecule has 0 unspecified atom stereocenters. The molecule has 3 aromatic carbocycles. The molecule has 0 saturated carbocycles. The number of ether oxygens (including phenoxy) is 2. The molecule has 0 heterocycles. The molecule has 2 amide bonds. The van der Waals surface area contributed by atoms with Crippen LogP contribution in [0, 0.1) is 0 Å². The summed E-state index contributed by atoms with van der Waals surface area (Å²) in [6, 6.07) is 18.3. The Kier molecular flexibility index (Phi) is 9.55. The van der Waals surface area contributed by atoms with Gasteiger partial charge in [-0.3, -0.25) is 10.1 Å². The highest BCUT2D eigenvalue weighted by atomic mass is 35.5. The summed E-state index contributed by atoms with van der Waals surface area (Å²) in [4.78, 5) is 25.4. The molecule has 3 N–H and O–H groups in total. The number of carboxylic acid groups (broad SMARTS) is 1. The Hall–Kier alpha value is -3.75. The van der Waals surface area contributed by atoms with Crippen LogP contribution in [0.5, 0.6) is 11.5 Å². The summed E-state index contributed by atoms with van der Waals surface area (Å²) in [6.07, 6.45) is 0.213. The predicted molar refractivity (Wildman–Crippen MR) is 139 cm³/mol. The number of hydrogen-bond acceptors (Lipinski definition) is 5. The molecule has 0 spiro atoms. The average Bonchev–Trinajstić information content (AvgIpc) is 2.87. The van der Waals surface area contributed by atoms with Crippen LogP contribution in [0.1, 0.15) is 17.5 Å². The van der Waals surface area contributed by atoms with E-state index in [1.54, 1.807) is 24.1 Å². The van der Waals surface area contributed by atoms with Gasteiger partial charge in [-0.2, -0.15) is 0 Å². The van der Waals surface area contributed by atoms with Crippen molar-refractivity contribution in [3.8, 4) is 22.6 Å². The van der Waals surface area contributed by atoms with Crippen LogP contribution in [0.15, 0.2) is 60.7 Å². The molecule has 0 saturated heterocycles. The first-order valence-corrected chi connectivity index (χ1v) is 11.7. The Morgan fingerprint density at radius 3 is 2.47 bits per heavy atom. The van der Waals surface area contributed by atoms with Crippen LogP contribution < -0.4 is 14.8 Å². The third kappa shape index (κ3) is 7.13. The van der Waals surface area contributed by atoms with Gasteiger partial charge in [0.15, 0.2) is 6.61 Å². The van der Waals surface area contributed by atoms with Gasteiger partial charge in [-0.25, -0.2) is 4.79 Å². The molecule has 0 radical (unpaired) electrons. The van der Waals surface area contributed by atoms with Crippen molar-refractivity contribution in [3.05, 3.63) is 76.8 Å². The monoisotopic (exact) mass is 512 g/mol. The average molecular weight is 513 g/mol. The lowest BCUT2D eigenvalue weighted by Gasteiger charge is -2.18. The summed E-state index contributed by atoms with van der Waals surface area (Å²) < 4.78 is 10.8.